The molecule has 0 aromatic heterocycles. The summed E-state index contributed by atoms with van der Waals surface area (Å²) in [6, 6.07) is 18.6. The zero-order valence-corrected chi connectivity index (χ0v) is 22.7. The maximum atomic E-state index is 14.0. The van der Waals surface area contributed by atoms with Gasteiger partial charge in [0.15, 0.2) is 0 Å². The number of amides is 4. The van der Waals surface area contributed by atoms with Gasteiger partial charge in [0.1, 0.15) is 12.2 Å². The molecule has 2 aliphatic rings. The average molecular weight is 545 g/mol. The molecule has 2 saturated heterocycles. The van der Waals surface area contributed by atoms with Crippen LogP contribution in [0.4, 0.5) is 10.5 Å². The summed E-state index contributed by atoms with van der Waals surface area (Å²) in [5, 5.41) is 19.2. The van der Waals surface area contributed by atoms with Crippen molar-refractivity contribution in [3.63, 3.8) is 0 Å². The van der Waals surface area contributed by atoms with Gasteiger partial charge in [-0.1, -0.05) is 54.6 Å². The van der Waals surface area contributed by atoms with Crippen LogP contribution in [-0.2, 0) is 22.6 Å². The highest BCUT2D eigenvalue weighted by molar-refractivity contribution is 5.92. The maximum Gasteiger partial charge on any atom is 0.331 e. The van der Waals surface area contributed by atoms with Gasteiger partial charge < -0.3 is 15.1 Å². The smallest absolute Gasteiger partial charge is 0.331 e. The van der Waals surface area contributed by atoms with Crippen LogP contribution in [0.2, 0.25) is 0 Å². The minimum Gasteiger partial charge on any atom is -0.340 e. The second-order valence-electron chi connectivity index (χ2n) is 10.4. The Morgan fingerprint density at radius 1 is 1.07 bits per heavy atom. The van der Waals surface area contributed by atoms with Gasteiger partial charge >= 0.3 is 6.03 Å². The molecule has 208 valence electrons. The van der Waals surface area contributed by atoms with E-state index in [0.29, 0.717) is 12.1 Å². The number of benzene rings is 3. The van der Waals surface area contributed by atoms with Crippen molar-refractivity contribution in [2.75, 3.05) is 20.1 Å². The van der Waals surface area contributed by atoms with E-state index < -0.39 is 17.1 Å². The number of hydrogen-bond acceptors (Lipinski definition) is 6. The van der Waals surface area contributed by atoms with Crippen molar-refractivity contribution in [3.8, 4) is 0 Å². The van der Waals surface area contributed by atoms with Gasteiger partial charge in [-0.3, -0.25) is 24.7 Å². The molecule has 2 fully saturated rings. The average Bonchev–Trinajstić information content (AvgIpc) is 3.26. The van der Waals surface area contributed by atoms with Crippen molar-refractivity contribution in [2.45, 2.75) is 45.1 Å². The Hall–Kier alpha value is -4.51. The van der Waals surface area contributed by atoms with Gasteiger partial charge in [0.2, 0.25) is 11.8 Å². The molecule has 0 spiro atoms. The second-order valence-corrected chi connectivity index (χ2v) is 10.4. The number of rotatable bonds is 7. The molecular weight excluding hydrogens is 512 g/mol. The van der Waals surface area contributed by atoms with Gasteiger partial charge in [-0.15, -0.1) is 0 Å². The van der Waals surface area contributed by atoms with E-state index in [1.54, 1.807) is 34.0 Å². The molecule has 2 aliphatic heterocycles. The Bertz CT molecular complexity index is 1450. The number of non-ortho nitro benzene ring substituents is 1. The summed E-state index contributed by atoms with van der Waals surface area (Å²) in [5.41, 5.74) is 1.64. The molecule has 11 heteroatoms. The van der Waals surface area contributed by atoms with E-state index in [0.717, 1.165) is 16.3 Å². The van der Waals surface area contributed by atoms with Gasteiger partial charge in [0.05, 0.1) is 18.0 Å². The summed E-state index contributed by atoms with van der Waals surface area (Å²) < 4.78 is 0. The zero-order valence-electron chi connectivity index (χ0n) is 22.7. The van der Waals surface area contributed by atoms with Gasteiger partial charge in [-0.2, -0.15) is 5.01 Å². The van der Waals surface area contributed by atoms with E-state index in [9.17, 15) is 24.5 Å². The number of urea groups is 1. The van der Waals surface area contributed by atoms with Crippen molar-refractivity contribution in [1.82, 2.24) is 25.1 Å². The molecule has 0 unspecified atom stereocenters. The Morgan fingerprint density at radius 3 is 2.45 bits per heavy atom. The lowest BCUT2D eigenvalue weighted by molar-refractivity contribution is -0.384. The molecule has 0 radical (unpaired) electrons. The SMILES string of the molecule is CNC(=O)N(C(C)C)N1CC(=O)N2[C@@H](Cc3ccc([N+](=O)[O-])cc3)C(=O)N(Cc3cccc4ccccc34)C[C@@H]21. The van der Waals surface area contributed by atoms with Crippen molar-refractivity contribution in [3.05, 3.63) is 88.0 Å². The predicted octanol–water partition coefficient (Wildman–Crippen LogP) is 3.14. The first-order valence-electron chi connectivity index (χ1n) is 13.3. The third-order valence-electron chi connectivity index (χ3n) is 7.57. The number of hydrogen-bond donors (Lipinski definition) is 1. The van der Waals surface area contributed by atoms with Crippen LogP contribution in [0.25, 0.3) is 10.8 Å². The molecule has 3 aromatic carbocycles. The Labute approximate surface area is 232 Å². The normalized spacial score (nSPS) is 19.3. The minimum atomic E-state index is -0.827. The molecular formula is C29H32N6O5. The lowest BCUT2D eigenvalue weighted by atomic mass is 9.98. The number of nitro groups is 1. The molecule has 0 saturated carbocycles. The van der Waals surface area contributed by atoms with E-state index in [2.05, 4.69) is 5.32 Å². The molecule has 11 nitrogen and oxygen atoms in total. The molecule has 4 amide bonds. The van der Waals surface area contributed by atoms with E-state index in [1.165, 1.54) is 17.1 Å². The Morgan fingerprint density at radius 2 is 1.77 bits per heavy atom. The van der Waals surface area contributed by atoms with Crippen LogP contribution >= 0.6 is 0 Å². The van der Waals surface area contributed by atoms with E-state index in [-0.39, 0.29) is 49.1 Å². The highest BCUT2D eigenvalue weighted by Crippen LogP contribution is 2.32. The third-order valence-corrected chi connectivity index (χ3v) is 7.57. The highest BCUT2D eigenvalue weighted by Gasteiger charge is 2.52. The van der Waals surface area contributed by atoms with Crippen molar-refractivity contribution in [2.24, 2.45) is 0 Å². The van der Waals surface area contributed by atoms with Crippen LogP contribution < -0.4 is 5.32 Å². The van der Waals surface area contributed by atoms with Gasteiger partial charge in [-0.05, 0) is 35.7 Å². The molecule has 2 heterocycles. The molecule has 0 bridgehead atoms. The van der Waals surface area contributed by atoms with Gasteiger partial charge in [0, 0.05) is 38.2 Å². The lowest BCUT2D eigenvalue weighted by Crippen LogP contribution is -2.66. The summed E-state index contributed by atoms with van der Waals surface area (Å²) in [6.07, 6.45) is -0.358. The topological polar surface area (TPSA) is 119 Å². The summed E-state index contributed by atoms with van der Waals surface area (Å²) in [7, 11) is 1.54. The molecule has 0 aliphatic carbocycles. The second kappa shape index (κ2) is 10.9. The Balaban J connectivity index is 1.53. The highest BCUT2D eigenvalue weighted by atomic mass is 16.6. The van der Waals surface area contributed by atoms with Crippen LogP contribution in [0.15, 0.2) is 66.7 Å². The number of carbonyl (C=O) groups is 3. The van der Waals surface area contributed by atoms with E-state index in [4.69, 9.17) is 0 Å². The van der Waals surface area contributed by atoms with Gasteiger partial charge in [-0.25, -0.2) is 4.79 Å². The fourth-order valence-electron chi connectivity index (χ4n) is 5.74. The zero-order chi connectivity index (χ0) is 28.6. The summed E-state index contributed by atoms with van der Waals surface area (Å²) in [6.45, 7) is 4.27. The minimum absolute atomic E-state index is 0.0393. The molecule has 1 N–H and O–H groups in total. The van der Waals surface area contributed by atoms with Gasteiger partial charge in [0.25, 0.3) is 5.69 Å². The largest absolute Gasteiger partial charge is 0.340 e. The fourth-order valence-corrected chi connectivity index (χ4v) is 5.74. The fraction of sp³-hybridized carbons (Fsp3) is 0.345. The van der Waals surface area contributed by atoms with Crippen molar-refractivity contribution in [1.29, 1.82) is 0 Å². The number of carbonyl (C=O) groups excluding carboxylic acids is 3. The first kappa shape index (κ1) is 27.1. The summed E-state index contributed by atoms with van der Waals surface area (Å²) in [5.74, 6) is -0.446. The number of hydrazine groups is 1. The van der Waals surface area contributed by atoms with Crippen LogP contribution in [0.3, 0.4) is 0 Å². The quantitative estimate of drug-likeness (QED) is 0.361. The van der Waals surface area contributed by atoms with Crippen LogP contribution in [0.5, 0.6) is 0 Å². The number of nitrogens with one attached hydrogen (secondary N) is 1. The van der Waals surface area contributed by atoms with Crippen molar-refractivity contribution < 1.29 is 19.3 Å². The van der Waals surface area contributed by atoms with Crippen LogP contribution in [0.1, 0.15) is 25.0 Å². The monoisotopic (exact) mass is 544 g/mol. The molecule has 5 rings (SSSR count). The number of nitrogens with zero attached hydrogens (tertiary/aromatic N) is 5. The first-order valence-corrected chi connectivity index (χ1v) is 13.3. The standard InChI is InChI=1S/C29H32N6O5/c1-19(2)34(29(38)30-3)32-18-27(36)33-25(15-20-11-13-23(14-12-20)35(39)40)28(37)31(17-26(32)33)16-22-9-6-8-21-7-4-5-10-24(21)22/h4-14,19,25-26H,15-18H2,1-3H3,(H,30,38)/t25-,26+/m0/s1. The third kappa shape index (κ3) is 4.95. The summed E-state index contributed by atoms with van der Waals surface area (Å²) in [4.78, 5) is 54.4. The first-order chi connectivity index (χ1) is 19.2. The number of nitro benzene ring substituents is 1. The van der Waals surface area contributed by atoms with Crippen LogP contribution in [0, 0.1) is 10.1 Å². The van der Waals surface area contributed by atoms with Crippen LogP contribution in [-0.4, -0.2) is 81.0 Å². The Kier molecular flexibility index (Phi) is 7.40. The lowest BCUT2D eigenvalue weighted by Gasteiger charge is -2.47. The number of piperazine rings is 1. The maximum absolute atomic E-state index is 14.0. The van der Waals surface area contributed by atoms with E-state index in [1.807, 2.05) is 56.3 Å². The molecule has 2 atom stereocenters. The molecule has 40 heavy (non-hydrogen) atoms. The van der Waals surface area contributed by atoms with E-state index >= 15 is 0 Å². The predicted molar refractivity (Wildman–Crippen MR) is 149 cm³/mol. The number of fused-ring (bicyclic) bond motifs is 2. The van der Waals surface area contributed by atoms with Crippen molar-refractivity contribution >= 4 is 34.3 Å². The summed E-state index contributed by atoms with van der Waals surface area (Å²) >= 11 is 0. The molecule has 3 aromatic rings.